The van der Waals surface area contributed by atoms with E-state index < -0.39 is 17.8 Å². The lowest BCUT2D eigenvalue weighted by atomic mass is 10.1. The number of benzene rings is 1. The van der Waals surface area contributed by atoms with Gasteiger partial charge in [-0.3, -0.25) is 9.59 Å². The van der Waals surface area contributed by atoms with E-state index in [1.165, 1.54) is 4.90 Å². The van der Waals surface area contributed by atoms with Crippen LogP contribution in [0.4, 0.5) is 0 Å². The molecule has 1 fully saturated rings. The van der Waals surface area contributed by atoms with Crippen molar-refractivity contribution in [2.24, 2.45) is 0 Å². The van der Waals surface area contributed by atoms with Crippen LogP contribution in [-0.2, 0) is 20.9 Å². The highest BCUT2D eigenvalue weighted by atomic mass is 16.4. The third-order valence-electron chi connectivity index (χ3n) is 3.04. The molecule has 5 nitrogen and oxygen atoms in total. The van der Waals surface area contributed by atoms with Crippen molar-refractivity contribution < 1.29 is 19.5 Å². The molecule has 0 aromatic heterocycles. The van der Waals surface area contributed by atoms with Crippen molar-refractivity contribution in [1.82, 2.24) is 4.90 Å². The van der Waals surface area contributed by atoms with Crippen molar-refractivity contribution in [1.29, 1.82) is 0 Å². The van der Waals surface area contributed by atoms with Gasteiger partial charge in [0.05, 0.1) is 0 Å². The Hall–Kier alpha value is -2.17. The lowest BCUT2D eigenvalue weighted by Gasteiger charge is -2.22. The summed E-state index contributed by atoms with van der Waals surface area (Å²) < 4.78 is 0. The smallest absolute Gasteiger partial charge is 0.374 e. The third-order valence-corrected chi connectivity index (χ3v) is 3.04. The summed E-state index contributed by atoms with van der Waals surface area (Å²) in [5.74, 6) is -2.55. The van der Waals surface area contributed by atoms with Crippen LogP contribution in [0.1, 0.15) is 18.4 Å². The fourth-order valence-electron chi connectivity index (χ4n) is 2.13. The summed E-state index contributed by atoms with van der Waals surface area (Å²) in [7, 11) is 0. The maximum Gasteiger partial charge on any atom is 0.374 e. The quantitative estimate of drug-likeness (QED) is 0.800. The Labute approximate surface area is 104 Å². The Morgan fingerprint density at radius 1 is 1.28 bits per heavy atom. The number of carbonyl (C=O) groups is 3. The van der Waals surface area contributed by atoms with Crippen LogP contribution in [0.15, 0.2) is 30.3 Å². The molecule has 5 heteroatoms. The van der Waals surface area contributed by atoms with E-state index in [0.717, 1.165) is 5.56 Å². The Kier molecular flexibility index (Phi) is 3.41. The minimum Gasteiger partial charge on any atom is -0.475 e. The second-order valence-electron chi connectivity index (χ2n) is 4.23. The Balaban J connectivity index is 2.16. The van der Waals surface area contributed by atoms with Gasteiger partial charge in [-0.25, -0.2) is 4.79 Å². The van der Waals surface area contributed by atoms with Crippen LogP contribution in [0.25, 0.3) is 0 Å². The molecule has 1 aliphatic rings. The van der Waals surface area contributed by atoms with Crippen molar-refractivity contribution in [3.8, 4) is 0 Å². The van der Waals surface area contributed by atoms with Gasteiger partial charge in [-0.15, -0.1) is 0 Å². The molecule has 0 radical (unpaired) electrons. The Morgan fingerprint density at radius 3 is 2.56 bits per heavy atom. The molecule has 0 unspecified atom stereocenters. The summed E-state index contributed by atoms with van der Waals surface area (Å²) in [5.41, 5.74) is 0.885. The van der Waals surface area contributed by atoms with Crippen LogP contribution < -0.4 is 0 Å². The minimum atomic E-state index is -1.48. The number of hydrogen-bond acceptors (Lipinski definition) is 3. The number of amides is 1. The van der Waals surface area contributed by atoms with Gasteiger partial charge in [-0.2, -0.15) is 0 Å². The lowest BCUT2D eigenvalue weighted by molar-refractivity contribution is -0.152. The topological polar surface area (TPSA) is 74.7 Å². The van der Waals surface area contributed by atoms with Gasteiger partial charge in [-0.1, -0.05) is 30.3 Å². The van der Waals surface area contributed by atoms with Crippen molar-refractivity contribution >= 4 is 17.7 Å². The summed E-state index contributed by atoms with van der Waals surface area (Å²) in [6.07, 6.45) is 0.521. The van der Waals surface area contributed by atoms with Crippen molar-refractivity contribution in [3.63, 3.8) is 0 Å². The number of ketones is 1. The molecule has 1 saturated heterocycles. The first-order valence-corrected chi connectivity index (χ1v) is 5.70. The molecule has 0 aliphatic carbocycles. The zero-order valence-corrected chi connectivity index (χ0v) is 9.70. The van der Waals surface area contributed by atoms with Crippen molar-refractivity contribution in [2.45, 2.75) is 25.4 Å². The van der Waals surface area contributed by atoms with Gasteiger partial charge in [-0.05, 0) is 12.0 Å². The Morgan fingerprint density at radius 2 is 1.94 bits per heavy atom. The number of rotatable bonds is 4. The molecule has 1 N–H and O–H groups in total. The number of carboxylic acid groups (broad SMARTS) is 1. The number of carbonyl (C=O) groups excluding carboxylic acids is 2. The van der Waals surface area contributed by atoms with Gasteiger partial charge in [0, 0.05) is 13.0 Å². The molecule has 0 spiro atoms. The van der Waals surface area contributed by atoms with Gasteiger partial charge < -0.3 is 10.0 Å². The zero-order valence-electron chi connectivity index (χ0n) is 9.70. The number of aliphatic carboxylic acids is 1. The fraction of sp³-hybridized carbons (Fsp3) is 0.308. The van der Waals surface area contributed by atoms with Crippen molar-refractivity contribution in [2.75, 3.05) is 0 Å². The molecule has 94 valence electrons. The maximum atomic E-state index is 11.7. The van der Waals surface area contributed by atoms with Crippen LogP contribution in [0, 0.1) is 0 Å². The summed E-state index contributed by atoms with van der Waals surface area (Å²) in [6, 6.07) is 8.39. The largest absolute Gasteiger partial charge is 0.475 e. The third kappa shape index (κ3) is 2.40. The highest BCUT2D eigenvalue weighted by Gasteiger charge is 2.38. The predicted molar refractivity (Wildman–Crippen MR) is 62.7 cm³/mol. The SMILES string of the molecule is O=C(O)C(=O)[C@H]1CCC(=O)N1Cc1ccccc1. The number of nitrogens with zero attached hydrogens (tertiary/aromatic N) is 1. The van der Waals surface area contributed by atoms with E-state index in [1.807, 2.05) is 30.3 Å². The van der Waals surface area contributed by atoms with Gasteiger partial charge in [0.15, 0.2) is 0 Å². The average Bonchev–Trinajstić information content (AvgIpc) is 2.71. The molecule has 18 heavy (non-hydrogen) atoms. The fourth-order valence-corrected chi connectivity index (χ4v) is 2.13. The second kappa shape index (κ2) is 5.00. The Bertz CT molecular complexity index is 483. The highest BCUT2D eigenvalue weighted by Crippen LogP contribution is 2.22. The first-order chi connectivity index (χ1) is 8.59. The molecule has 1 aliphatic heterocycles. The number of Topliss-reactive ketones (excluding diaryl/α,β-unsaturated/α-hetero) is 1. The van der Waals surface area contributed by atoms with E-state index >= 15 is 0 Å². The molecule has 0 bridgehead atoms. The standard InChI is InChI=1S/C13H13NO4/c15-11-7-6-10(12(16)13(17)18)14(11)8-9-4-2-1-3-5-9/h1-5,10H,6-8H2,(H,17,18)/t10-/m1/s1. The molecule has 1 aromatic carbocycles. The summed E-state index contributed by atoms with van der Waals surface area (Å²) in [4.78, 5) is 35.3. The zero-order chi connectivity index (χ0) is 13.1. The first-order valence-electron chi connectivity index (χ1n) is 5.70. The van der Waals surface area contributed by atoms with Crippen molar-refractivity contribution in [3.05, 3.63) is 35.9 Å². The first kappa shape index (κ1) is 12.3. The van der Waals surface area contributed by atoms with Crippen LogP contribution in [0.3, 0.4) is 0 Å². The molecule has 1 atom stereocenters. The van der Waals surface area contributed by atoms with Gasteiger partial charge in [0.1, 0.15) is 6.04 Å². The maximum absolute atomic E-state index is 11.7. The van der Waals surface area contributed by atoms with E-state index in [-0.39, 0.29) is 25.3 Å². The minimum absolute atomic E-state index is 0.168. The average molecular weight is 247 g/mol. The highest BCUT2D eigenvalue weighted by molar-refractivity contribution is 6.35. The molecule has 1 aromatic rings. The summed E-state index contributed by atoms with van der Waals surface area (Å²) in [6.45, 7) is 0.281. The molecule has 2 rings (SSSR count). The number of hydrogen-bond donors (Lipinski definition) is 1. The number of carboxylic acids is 1. The van der Waals surface area contributed by atoms with Gasteiger partial charge in [0.2, 0.25) is 5.91 Å². The van der Waals surface area contributed by atoms with Gasteiger partial charge in [0.25, 0.3) is 5.78 Å². The van der Waals surface area contributed by atoms with Crippen LogP contribution in [0.5, 0.6) is 0 Å². The molecule has 1 heterocycles. The van der Waals surface area contributed by atoms with Crippen LogP contribution in [-0.4, -0.2) is 33.7 Å². The van der Waals surface area contributed by atoms with E-state index in [2.05, 4.69) is 0 Å². The summed E-state index contributed by atoms with van der Waals surface area (Å²) >= 11 is 0. The second-order valence-corrected chi connectivity index (χ2v) is 4.23. The molecular formula is C13H13NO4. The van der Waals surface area contributed by atoms with Gasteiger partial charge >= 0.3 is 5.97 Å². The summed E-state index contributed by atoms with van der Waals surface area (Å²) in [5, 5.41) is 8.73. The van der Waals surface area contributed by atoms with E-state index in [4.69, 9.17) is 5.11 Å². The number of likely N-dealkylation sites (tertiary alicyclic amines) is 1. The van der Waals surface area contributed by atoms with Crippen LogP contribution in [0.2, 0.25) is 0 Å². The van der Waals surface area contributed by atoms with E-state index in [1.54, 1.807) is 0 Å². The molecule has 1 amide bonds. The monoisotopic (exact) mass is 247 g/mol. The normalized spacial score (nSPS) is 19.0. The van der Waals surface area contributed by atoms with Crippen LogP contribution >= 0.6 is 0 Å². The van der Waals surface area contributed by atoms with E-state index in [0.29, 0.717) is 0 Å². The van der Waals surface area contributed by atoms with E-state index in [9.17, 15) is 14.4 Å². The predicted octanol–water partition coefficient (Wildman–Crippen LogP) is 0.831. The molecular weight excluding hydrogens is 234 g/mol. The molecule has 0 saturated carbocycles. The lowest BCUT2D eigenvalue weighted by Crippen LogP contribution is -2.41.